The van der Waals surface area contributed by atoms with E-state index >= 15 is 0 Å². The van der Waals surface area contributed by atoms with Crippen LogP contribution >= 0.6 is 11.3 Å². The minimum Gasteiger partial charge on any atom is -0.135 e. The van der Waals surface area contributed by atoms with E-state index in [-0.39, 0.29) is 10.8 Å². The van der Waals surface area contributed by atoms with Crippen molar-refractivity contribution in [3.05, 3.63) is 119 Å². The zero-order chi connectivity index (χ0) is 25.1. The molecule has 37 heavy (non-hydrogen) atoms. The molecule has 0 spiro atoms. The van der Waals surface area contributed by atoms with Gasteiger partial charge in [-0.3, -0.25) is 0 Å². The molecule has 8 rings (SSSR count). The largest absolute Gasteiger partial charge is 0.135 e. The van der Waals surface area contributed by atoms with Crippen LogP contribution in [0.3, 0.4) is 0 Å². The third-order valence-corrected chi connectivity index (χ3v) is 10.2. The van der Waals surface area contributed by atoms with Crippen LogP contribution in [0.4, 0.5) is 0 Å². The predicted molar refractivity (Wildman–Crippen MR) is 160 cm³/mol. The highest BCUT2D eigenvalue weighted by molar-refractivity contribution is 7.25. The molecule has 1 heterocycles. The molecule has 0 saturated heterocycles. The fourth-order valence-electron chi connectivity index (χ4n) is 7.01. The lowest BCUT2D eigenvalue weighted by atomic mass is 9.77. The summed E-state index contributed by atoms with van der Waals surface area (Å²) in [6.45, 7) is 9.56. The zero-order valence-corrected chi connectivity index (χ0v) is 22.5. The summed E-state index contributed by atoms with van der Waals surface area (Å²) in [6, 6.07) is 36.8. The first-order valence-corrected chi connectivity index (χ1v) is 14.0. The second-order valence-corrected chi connectivity index (χ2v) is 12.9. The number of benzene rings is 5. The smallest absolute Gasteiger partial charge is 0.0355 e. The van der Waals surface area contributed by atoms with Crippen LogP contribution < -0.4 is 0 Å². The van der Waals surface area contributed by atoms with E-state index in [0.29, 0.717) is 0 Å². The summed E-state index contributed by atoms with van der Waals surface area (Å²) in [5, 5.41) is 2.72. The van der Waals surface area contributed by atoms with Gasteiger partial charge in [0.15, 0.2) is 0 Å². The van der Waals surface area contributed by atoms with Crippen LogP contribution in [0.15, 0.2) is 97.1 Å². The van der Waals surface area contributed by atoms with Gasteiger partial charge in [0.05, 0.1) is 0 Å². The molecule has 0 amide bonds. The van der Waals surface area contributed by atoms with Gasteiger partial charge in [-0.25, -0.2) is 0 Å². The van der Waals surface area contributed by atoms with Crippen molar-refractivity contribution >= 4 is 31.5 Å². The quantitative estimate of drug-likeness (QED) is 0.214. The summed E-state index contributed by atoms with van der Waals surface area (Å²) >= 11 is 1.88. The molecular weight excluding hydrogens is 464 g/mol. The third-order valence-electron chi connectivity index (χ3n) is 9.09. The normalized spacial score (nSPS) is 16.0. The van der Waals surface area contributed by atoms with Gasteiger partial charge in [-0.15, -0.1) is 11.3 Å². The van der Waals surface area contributed by atoms with Gasteiger partial charge in [-0.05, 0) is 86.0 Å². The summed E-state index contributed by atoms with van der Waals surface area (Å²) in [4.78, 5) is 0. The number of hydrogen-bond acceptors (Lipinski definition) is 1. The summed E-state index contributed by atoms with van der Waals surface area (Å²) < 4.78 is 2.72. The minimum atomic E-state index is -0.0419. The van der Waals surface area contributed by atoms with Crippen LogP contribution in [0, 0.1) is 0 Å². The third kappa shape index (κ3) is 2.73. The lowest BCUT2D eigenvalue weighted by Gasteiger charge is -2.26. The van der Waals surface area contributed by atoms with Crippen molar-refractivity contribution in [3.63, 3.8) is 0 Å². The highest BCUT2D eigenvalue weighted by atomic mass is 32.1. The van der Waals surface area contributed by atoms with Gasteiger partial charge >= 0.3 is 0 Å². The van der Waals surface area contributed by atoms with Crippen molar-refractivity contribution in [2.24, 2.45) is 0 Å². The Balaban J connectivity index is 1.30. The lowest BCUT2D eigenvalue weighted by Crippen LogP contribution is -2.18. The minimum absolute atomic E-state index is 0.0235. The fourth-order valence-corrected chi connectivity index (χ4v) is 8.10. The molecule has 6 aromatic rings. The topological polar surface area (TPSA) is 0 Å². The molecule has 1 aromatic heterocycles. The summed E-state index contributed by atoms with van der Waals surface area (Å²) in [7, 11) is 0. The van der Waals surface area contributed by atoms with Crippen molar-refractivity contribution in [3.8, 4) is 33.4 Å². The molecule has 1 heteroatoms. The van der Waals surface area contributed by atoms with E-state index in [1.807, 2.05) is 11.3 Å². The molecule has 0 N–H and O–H groups in total. The number of thiophene rings is 1. The van der Waals surface area contributed by atoms with Gasteiger partial charge in [-0.2, -0.15) is 0 Å². The van der Waals surface area contributed by atoms with Crippen molar-refractivity contribution in [1.82, 2.24) is 0 Å². The van der Waals surface area contributed by atoms with Crippen LogP contribution in [-0.4, -0.2) is 0 Å². The maximum absolute atomic E-state index is 2.52. The van der Waals surface area contributed by atoms with Crippen molar-refractivity contribution in [2.45, 2.75) is 38.5 Å². The van der Waals surface area contributed by atoms with E-state index in [1.54, 1.807) is 0 Å². The number of hydrogen-bond donors (Lipinski definition) is 0. The molecule has 0 saturated carbocycles. The monoisotopic (exact) mass is 492 g/mol. The fraction of sp³-hybridized carbons (Fsp3) is 0.167. The predicted octanol–water partition coefficient (Wildman–Crippen LogP) is 10.3. The Bertz CT molecular complexity index is 1930. The van der Waals surface area contributed by atoms with Crippen LogP contribution in [0.1, 0.15) is 49.9 Å². The van der Waals surface area contributed by atoms with Crippen LogP contribution in [-0.2, 0) is 10.8 Å². The van der Waals surface area contributed by atoms with E-state index in [1.165, 1.54) is 75.8 Å². The second kappa shape index (κ2) is 7.00. The van der Waals surface area contributed by atoms with E-state index in [0.717, 1.165) is 0 Å². The van der Waals surface area contributed by atoms with Crippen LogP contribution in [0.2, 0.25) is 0 Å². The molecule has 0 bridgehead atoms. The SMILES string of the molecule is CC1(C)c2ccccc2-c2cc3c(cc21)C(C)(C)c1cc(-c2ccc4sc5ccccc5c4c2)ccc1-3. The van der Waals surface area contributed by atoms with Crippen molar-refractivity contribution in [2.75, 3.05) is 0 Å². The highest BCUT2D eigenvalue weighted by Crippen LogP contribution is 2.56. The molecule has 0 nitrogen and oxygen atoms in total. The molecule has 178 valence electrons. The maximum atomic E-state index is 2.52. The maximum Gasteiger partial charge on any atom is 0.0355 e. The Labute approximate surface area is 222 Å². The summed E-state index contributed by atoms with van der Waals surface area (Å²) in [5.74, 6) is 0. The second-order valence-electron chi connectivity index (χ2n) is 11.8. The van der Waals surface area contributed by atoms with Crippen LogP contribution in [0.25, 0.3) is 53.6 Å². The molecule has 0 aliphatic heterocycles. The number of fused-ring (bicyclic) bond motifs is 9. The Kier molecular flexibility index (Phi) is 4.05. The zero-order valence-electron chi connectivity index (χ0n) is 21.6. The van der Waals surface area contributed by atoms with E-state index in [4.69, 9.17) is 0 Å². The standard InChI is InChI=1S/C36H28S/c1-35(2)29-11-7-5-9-23(29)26-19-27-24-15-13-22(18-30(24)36(3,4)32(27)20-31(26)35)21-14-16-34-28(17-21)25-10-6-8-12-33(25)37-34/h5-20H,1-4H3. The lowest BCUT2D eigenvalue weighted by molar-refractivity contribution is 0.639. The highest BCUT2D eigenvalue weighted by Gasteiger charge is 2.41. The molecule has 2 aliphatic rings. The molecule has 2 aliphatic carbocycles. The Morgan fingerprint density at radius 1 is 0.432 bits per heavy atom. The van der Waals surface area contributed by atoms with Gasteiger partial charge in [0, 0.05) is 31.0 Å². The van der Waals surface area contributed by atoms with Gasteiger partial charge < -0.3 is 0 Å². The molecule has 5 aromatic carbocycles. The first-order chi connectivity index (χ1) is 17.8. The van der Waals surface area contributed by atoms with Crippen molar-refractivity contribution < 1.29 is 0 Å². The van der Waals surface area contributed by atoms with Gasteiger partial charge in [0.1, 0.15) is 0 Å². The Hall–Kier alpha value is -3.68. The Morgan fingerprint density at radius 2 is 1.03 bits per heavy atom. The molecule has 0 unspecified atom stereocenters. The first kappa shape index (κ1) is 21.4. The number of rotatable bonds is 1. The molecule has 0 atom stereocenters. The van der Waals surface area contributed by atoms with Gasteiger partial charge in [0.25, 0.3) is 0 Å². The summed E-state index contributed by atoms with van der Waals surface area (Å²) in [5.41, 5.74) is 14.0. The van der Waals surface area contributed by atoms with Crippen molar-refractivity contribution in [1.29, 1.82) is 0 Å². The average molecular weight is 493 g/mol. The van der Waals surface area contributed by atoms with E-state index < -0.39 is 0 Å². The molecule has 0 fully saturated rings. The van der Waals surface area contributed by atoms with E-state index in [2.05, 4.69) is 125 Å². The van der Waals surface area contributed by atoms with Crippen LogP contribution in [0.5, 0.6) is 0 Å². The first-order valence-electron chi connectivity index (χ1n) is 13.2. The average Bonchev–Trinajstić information content (AvgIpc) is 3.47. The van der Waals surface area contributed by atoms with Gasteiger partial charge in [0.2, 0.25) is 0 Å². The summed E-state index contributed by atoms with van der Waals surface area (Å²) in [6.07, 6.45) is 0. The van der Waals surface area contributed by atoms with E-state index in [9.17, 15) is 0 Å². The molecular formula is C36H28S. The Morgan fingerprint density at radius 3 is 1.86 bits per heavy atom. The molecule has 0 radical (unpaired) electrons. The van der Waals surface area contributed by atoms with Gasteiger partial charge in [-0.1, -0.05) is 94.4 Å².